The van der Waals surface area contributed by atoms with Gasteiger partial charge in [-0.2, -0.15) is 5.10 Å². The molecule has 6 nitrogen and oxygen atoms in total. The lowest BCUT2D eigenvalue weighted by Crippen LogP contribution is -2.55. The molecule has 24 heavy (non-hydrogen) atoms. The van der Waals surface area contributed by atoms with Crippen LogP contribution in [0.2, 0.25) is 0 Å². The summed E-state index contributed by atoms with van der Waals surface area (Å²) in [6.07, 6.45) is 5.11. The van der Waals surface area contributed by atoms with Crippen molar-refractivity contribution >= 4 is 5.91 Å². The Kier molecular flexibility index (Phi) is 5.15. The fourth-order valence-electron chi connectivity index (χ4n) is 3.18. The second kappa shape index (κ2) is 7.49. The maximum atomic E-state index is 13.1. The third kappa shape index (κ3) is 3.43. The summed E-state index contributed by atoms with van der Waals surface area (Å²) < 4.78 is 7.53. The quantitative estimate of drug-likeness (QED) is 0.873. The first-order valence-corrected chi connectivity index (χ1v) is 8.37. The van der Waals surface area contributed by atoms with Crippen LogP contribution in [0.25, 0.3) is 0 Å². The Hall–Kier alpha value is -2.34. The van der Waals surface area contributed by atoms with Gasteiger partial charge in [0.15, 0.2) is 0 Å². The highest BCUT2D eigenvalue weighted by molar-refractivity contribution is 5.84. The number of hydrogen-bond acceptors (Lipinski definition) is 4. The third-order valence-electron chi connectivity index (χ3n) is 4.56. The number of likely N-dealkylation sites (N-methyl/N-ethyl adjacent to an activating group) is 1. The van der Waals surface area contributed by atoms with Gasteiger partial charge in [0.05, 0.1) is 6.54 Å². The fourth-order valence-corrected chi connectivity index (χ4v) is 3.18. The van der Waals surface area contributed by atoms with Crippen LogP contribution in [0.15, 0.2) is 48.8 Å². The zero-order valence-corrected chi connectivity index (χ0v) is 14.0. The zero-order valence-electron chi connectivity index (χ0n) is 14.0. The first-order chi connectivity index (χ1) is 11.7. The number of carbonyl (C=O) groups is 1. The van der Waals surface area contributed by atoms with Crippen molar-refractivity contribution in [1.82, 2.24) is 20.0 Å². The van der Waals surface area contributed by atoms with Gasteiger partial charge in [-0.05, 0) is 44.1 Å². The van der Waals surface area contributed by atoms with Gasteiger partial charge in [0.25, 0.3) is 5.91 Å². The fraction of sp³-hybridized carbons (Fsp3) is 0.444. The monoisotopic (exact) mass is 328 g/mol. The van der Waals surface area contributed by atoms with Crippen molar-refractivity contribution in [3.05, 3.63) is 48.8 Å². The third-order valence-corrected chi connectivity index (χ3v) is 4.56. The van der Waals surface area contributed by atoms with E-state index in [9.17, 15) is 4.79 Å². The molecular formula is C18H24N4O2. The van der Waals surface area contributed by atoms with Gasteiger partial charge in [-0.3, -0.25) is 9.48 Å². The average Bonchev–Trinajstić information content (AvgIpc) is 3.18. The summed E-state index contributed by atoms with van der Waals surface area (Å²) in [6.45, 7) is 2.66. The number of aromatic nitrogens is 2. The van der Waals surface area contributed by atoms with E-state index < -0.39 is 5.54 Å². The zero-order chi connectivity index (χ0) is 16.8. The van der Waals surface area contributed by atoms with E-state index in [2.05, 4.69) is 10.4 Å². The predicted octanol–water partition coefficient (Wildman–Crippen LogP) is 1.50. The standard InChI is InChI=1S/C18H24N4O2/c1-21(14-15-24-16-6-3-2-4-7-16)17(23)18(8-11-19-12-9-18)22-13-5-10-20-22/h2-7,10,13,19H,8-9,11-12,14-15H2,1H3. The lowest BCUT2D eigenvalue weighted by Gasteiger charge is -2.39. The van der Waals surface area contributed by atoms with Crippen molar-refractivity contribution in [3.8, 4) is 5.75 Å². The SMILES string of the molecule is CN(CCOc1ccccc1)C(=O)C1(n2cccn2)CCNCC1. The number of rotatable bonds is 6. The van der Waals surface area contributed by atoms with Crippen LogP contribution >= 0.6 is 0 Å². The first-order valence-electron chi connectivity index (χ1n) is 8.37. The number of ether oxygens (including phenoxy) is 1. The molecule has 1 aromatic heterocycles. The van der Waals surface area contributed by atoms with E-state index in [4.69, 9.17) is 4.74 Å². The van der Waals surface area contributed by atoms with Crippen LogP contribution in [-0.2, 0) is 10.3 Å². The second-order valence-corrected chi connectivity index (χ2v) is 6.12. The lowest BCUT2D eigenvalue weighted by atomic mass is 9.87. The molecule has 0 saturated carbocycles. The number of benzene rings is 1. The second-order valence-electron chi connectivity index (χ2n) is 6.12. The molecule has 2 heterocycles. The molecule has 1 amide bonds. The van der Waals surface area contributed by atoms with E-state index in [-0.39, 0.29) is 5.91 Å². The Morgan fingerprint density at radius 3 is 2.71 bits per heavy atom. The number of para-hydroxylation sites is 1. The van der Waals surface area contributed by atoms with Gasteiger partial charge in [-0.15, -0.1) is 0 Å². The van der Waals surface area contributed by atoms with Crippen molar-refractivity contribution in [2.45, 2.75) is 18.4 Å². The molecule has 128 valence electrons. The number of hydrogen-bond donors (Lipinski definition) is 1. The molecule has 1 aromatic carbocycles. The Labute approximate surface area is 142 Å². The Morgan fingerprint density at radius 1 is 1.29 bits per heavy atom. The van der Waals surface area contributed by atoms with Crippen LogP contribution in [-0.4, -0.2) is 53.9 Å². The molecule has 2 aromatic rings. The van der Waals surface area contributed by atoms with Gasteiger partial charge in [0.1, 0.15) is 17.9 Å². The van der Waals surface area contributed by atoms with Crippen LogP contribution in [0.5, 0.6) is 5.75 Å². The summed E-state index contributed by atoms with van der Waals surface area (Å²) in [4.78, 5) is 14.9. The summed E-state index contributed by atoms with van der Waals surface area (Å²) in [5.41, 5.74) is -0.587. The molecule has 1 aliphatic heterocycles. The minimum Gasteiger partial charge on any atom is -0.492 e. The van der Waals surface area contributed by atoms with Crippen LogP contribution < -0.4 is 10.1 Å². The molecule has 1 saturated heterocycles. The molecule has 1 fully saturated rings. The van der Waals surface area contributed by atoms with Crippen LogP contribution in [0.1, 0.15) is 12.8 Å². The summed E-state index contributed by atoms with van der Waals surface area (Å²) >= 11 is 0. The van der Waals surface area contributed by atoms with Crippen LogP contribution in [0.3, 0.4) is 0 Å². The molecule has 6 heteroatoms. The molecule has 1 N–H and O–H groups in total. The molecule has 0 atom stereocenters. The minimum atomic E-state index is -0.587. The van der Waals surface area contributed by atoms with Crippen molar-refractivity contribution in [2.75, 3.05) is 33.3 Å². The van der Waals surface area contributed by atoms with Crippen LogP contribution in [0.4, 0.5) is 0 Å². The normalized spacial score (nSPS) is 16.5. The van der Waals surface area contributed by atoms with E-state index in [1.54, 1.807) is 11.1 Å². The topological polar surface area (TPSA) is 59.4 Å². The Bertz CT molecular complexity index is 636. The average molecular weight is 328 g/mol. The van der Waals surface area contributed by atoms with Crippen molar-refractivity contribution in [3.63, 3.8) is 0 Å². The van der Waals surface area contributed by atoms with E-state index >= 15 is 0 Å². The van der Waals surface area contributed by atoms with E-state index in [1.165, 1.54) is 0 Å². The lowest BCUT2D eigenvalue weighted by molar-refractivity contribution is -0.142. The van der Waals surface area contributed by atoms with Gasteiger partial charge in [-0.25, -0.2) is 0 Å². The van der Waals surface area contributed by atoms with E-state index in [1.807, 2.05) is 54.3 Å². The highest BCUT2D eigenvalue weighted by Gasteiger charge is 2.43. The van der Waals surface area contributed by atoms with E-state index in [0.29, 0.717) is 13.2 Å². The van der Waals surface area contributed by atoms with Gasteiger partial charge >= 0.3 is 0 Å². The Morgan fingerprint density at radius 2 is 2.04 bits per heavy atom. The van der Waals surface area contributed by atoms with Crippen molar-refractivity contribution in [1.29, 1.82) is 0 Å². The van der Waals surface area contributed by atoms with Crippen LogP contribution in [0, 0.1) is 0 Å². The summed E-state index contributed by atoms with van der Waals surface area (Å²) in [5, 5.41) is 7.68. The summed E-state index contributed by atoms with van der Waals surface area (Å²) in [7, 11) is 1.84. The smallest absolute Gasteiger partial charge is 0.250 e. The first kappa shape index (κ1) is 16.5. The van der Waals surface area contributed by atoms with Gasteiger partial charge in [0, 0.05) is 19.4 Å². The highest BCUT2D eigenvalue weighted by atomic mass is 16.5. The maximum Gasteiger partial charge on any atom is 0.250 e. The molecule has 0 unspecified atom stereocenters. The molecule has 0 radical (unpaired) electrons. The number of piperidine rings is 1. The van der Waals surface area contributed by atoms with Gasteiger partial charge < -0.3 is 15.0 Å². The van der Waals surface area contributed by atoms with Gasteiger partial charge in [-0.1, -0.05) is 18.2 Å². The Balaban J connectivity index is 1.64. The molecule has 1 aliphatic rings. The van der Waals surface area contributed by atoms with Crippen molar-refractivity contribution in [2.24, 2.45) is 0 Å². The maximum absolute atomic E-state index is 13.1. The molecule has 3 rings (SSSR count). The summed E-state index contributed by atoms with van der Waals surface area (Å²) in [5.74, 6) is 0.923. The molecule has 0 bridgehead atoms. The molecular weight excluding hydrogens is 304 g/mol. The predicted molar refractivity (Wildman–Crippen MR) is 91.9 cm³/mol. The highest BCUT2D eigenvalue weighted by Crippen LogP contribution is 2.29. The largest absolute Gasteiger partial charge is 0.492 e. The van der Waals surface area contributed by atoms with E-state index in [0.717, 1.165) is 31.7 Å². The number of carbonyl (C=O) groups excluding carboxylic acids is 1. The van der Waals surface area contributed by atoms with Gasteiger partial charge in [0.2, 0.25) is 0 Å². The molecule has 0 spiro atoms. The molecule has 0 aliphatic carbocycles. The number of nitrogens with zero attached hydrogens (tertiary/aromatic N) is 3. The minimum absolute atomic E-state index is 0.101. The number of nitrogens with one attached hydrogen (secondary N) is 1. The van der Waals surface area contributed by atoms with Crippen molar-refractivity contribution < 1.29 is 9.53 Å². The number of amides is 1. The summed E-state index contributed by atoms with van der Waals surface area (Å²) in [6, 6.07) is 11.5.